The maximum Gasteiger partial charge on any atom is 1.00 e. The summed E-state index contributed by atoms with van der Waals surface area (Å²) >= 11 is 0. The van der Waals surface area contributed by atoms with Gasteiger partial charge in [0.1, 0.15) is 57.7 Å². The van der Waals surface area contributed by atoms with Gasteiger partial charge in [-0.3, -0.25) is 15.0 Å². The molecule has 26 nitrogen and oxygen atoms in total. The van der Waals surface area contributed by atoms with Crippen LogP contribution in [0.1, 0.15) is 83.2 Å². The number of fused-ring (bicyclic) bond motifs is 3. The van der Waals surface area contributed by atoms with Crippen molar-refractivity contribution in [3.63, 3.8) is 0 Å². The van der Waals surface area contributed by atoms with Crippen molar-refractivity contribution in [1.29, 1.82) is 0 Å². The summed E-state index contributed by atoms with van der Waals surface area (Å²) in [6, 6.07) is 17.1. The second-order valence-electron chi connectivity index (χ2n) is 21.0. The molecular formula is C62H73AlF9LiN15O11. The Balaban J connectivity index is 0.000000377. The number of hydrogen-bond donors (Lipinski definition) is 8. The summed E-state index contributed by atoms with van der Waals surface area (Å²) in [6.45, 7) is 2.59. The van der Waals surface area contributed by atoms with Crippen LogP contribution in [-0.4, -0.2) is 176 Å². The van der Waals surface area contributed by atoms with Crippen molar-refractivity contribution >= 4 is 104 Å². The summed E-state index contributed by atoms with van der Waals surface area (Å²) < 4.78 is 143. The van der Waals surface area contributed by atoms with Crippen LogP contribution in [-0.2, 0) is 36.9 Å². The van der Waals surface area contributed by atoms with Crippen molar-refractivity contribution in [3.8, 4) is 23.0 Å². The van der Waals surface area contributed by atoms with Crippen molar-refractivity contribution in [3.05, 3.63) is 103 Å². The molecule has 1 aliphatic heterocycles. The number of halogens is 9. The molecule has 0 aliphatic carbocycles. The normalized spacial score (nSPS) is 12.7. The molecule has 2 aromatic carbocycles. The first-order valence-electron chi connectivity index (χ1n) is 29.8. The molecule has 37 heteroatoms. The number of esters is 1. The van der Waals surface area contributed by atoms with E-state index < -0.39 is 73.8 Å². The molecule has 1 aliphatic rings. The van der Waals surface area contributed by atoms with E-state index >= 15 is 0 Å². The van der Waals surface area contributed by atoms with Gasteiger partial charge in [-0.1, -0.05) is 0 Å². The molecule has 529 valence electrons. The third-order valence-electron chi connectivity index (χ3n) is 13.9. The van der Waals surface area contributed by atoms with Crippen molar-refractivity contribution in [2.45, 2.75) is 120 Å². The van der Waals surface area contributed by atoms with E-state index in [1.807, 2.05) is 12.1 Å². The molecule has 0 spiro atoms. The first-order chi connectivity index (χ1) is 46.2. The minimum atomic E-state index is -4.36. The van der Waals surface area contributed by atoms with Gasteiger partial charge in [-0.2, -0.15) is 54.5 Å². The maximum absolute atomic E-state index is 12.6. The Bertz CT molecular complexity index is 3870. The van der Waals surface area contributed by atoms with Gasteiger partial charge in [-0.25, -0.2) is 29.3 Å². The Kier molecular flexibility index (Phi) is 33.2. The average molecular weight is 1410 g/mol. The molecule has 99 heavy (non-hydrogen) atoms. The molecule has 9 rings (SSSR count). The summed E-state index contributed by atoms with van der Waals surface area (Å²) in [4.78, 5) is 73.1. The molecular weight excluding hydrogens is 1340 g/mol. The molecule has 9 N–H and O–H groups in total. The van der Waals surface area contributed by atoms with Crippen molar-refractivity contribution in [2.24, 2.45) is 0 Å². The fourth-order valence-electron chi connectivity index (χ4n) is 9.16. The van der Waals surface area contributed by atoms with Gasteiger partial charge in [-0.05, 0) is 112 Å². The van der Waals surface area contributed by atoms with Crippen LogP contribution in [0, 0.1) is 0 Å². The molecule has 0 amide bonds. The van der Waals surface area contributed by atoms with E-state index in [2.05, 4.69) is 71.4 Å². The number of carbonyl (C=O) groups excluding carboxylic acids is 1. The summed E-state index contributed by atoms with van der Waals surface area (Å²) in [5, 5.41) is 33.1. The largest absolute Gasteiger partial charge is 1.00 e. The fourth-order valence-corrected chi connectivity index (χ4v) is 9.16. The van der Waals surface area contributed by atoms with Gasteiger partial charge in [0.15, 0.2) is 17.5 Å². The summed E-state index contributed by atoms with van der Waals surface area (Å²) in [6.07, 6.45) is -10.6. The van der Waals surface area contributed by atoms with Crippen molar-refractivity contribution < 1.29 is 113 Å². The first-order valence-corrected chi connectivity index (χ1v) is 29.8. The number of benzene rings is 2. The van der Waals surface area contributed by atoms with E-state index in [0.29, 0.717) is 62.6 Å². The molecule has 3 atom stereocenters. The molecule has 0 bridgehead atoms. The van der Waals surface area contributed by atoms with E-state index in [0.717, 1.165) is 24.3 Å². The number of pyridine rings is 3. The standard InChI is InChI=1S/C23H26F3N5O4.C22H24F3N5O4.C13H14F3N5O2.C4H8O.Al.Li.H/c1-33-15-9-8-14(18(12-15)34-2)13-28-22-30-16-7-5-11-27-19(16)20(31-22)29-17(21(32)35-3)6-4-10-23(24,25)26;1-33-14-8-7-13(17(11-14)34-2)12-27-21-29-15-6-4-10-26-18(15)19(30-21)28-16(20(31)32)5-3-9-22(23,24)25;14-13(15,16)5-1-3-8(11(22)23)19-10-9-7(4-2-6-18-9)20-12(17)21-10;1-2-4-5-3-1;;;/h5,7-9,11-12,17H,4,6,10,13H2,1-3H3,(H2,28,29,30,31);4,6-8,10-11,16H,3,5,9,12H2,1-2H3,(H,31,32)(H2,27,28,29,30);2,4,6,8H,1,3,5H2,(H,22,23)(H3,17,19,20,21);1-4H2;;;/q;;;;;+1;-1/t17-;16-;8-;;;;/m111..../s1. The predicted octanol–water partition coefficient (Wildman–Crippen LogP) is 8.33. The Labute approximate surface area is 585 Å². The van der Waals surface area contributed by atoms with Crippen LogP contribution >= 0.6 is 0 Å². The maximum atomic E-state index is 12.6. The van der Waals surface area contributed by atoms with Crippen LogP contribution in [0.25, 0.3) is 33.1 Å². The van der Waals surface area contributed by atoms with Gasteiger partial charge >= 0.3 is 55.3 Å². The monoisotopic (exact) mass is 1410 g/mol. The van der Waals surface area contributed by atoms with Gasteiger partial charge < -0.3 is 72.4 Å². The Morgan fingerprint density at radius 3 is 1.23 bits per heavy atom. The van der Waals surface area contributed by atoms with Gasteiger partial charge in [0, 0.05) is 105 Å². The molecule has 1 fully saturated rings. The number of methoxy groups -OCH3 is 5. The van der Waals surface area contributed by atoms with E-state index in [4.69, 9.17) is 39.3 Å². The molecule has 0 saturated carbocycles. The van der Waals surface area contributed by atoms with E-state index in [1.54, 1.807) is 82.0 Å². The van der Waals surface area contributed by atoms with Crippen LogP contribution in [0.3, 0.4) is 0 Å². The second kappa shape index (κ2) is 40.0. The smallest absolute Gasteiger partial charge is 1.00 e. The van der Waals surface area contributed by atoms with E-state index in [1.165, 1.54) is 45.7 Å². The van der Waals surface area contributed by atoms with Crippen molar-refractivity contribution in [2.75, 3.05) is 81.1 Å². The second-order valence-corrected chi connectivity index (χ2v) is 21.0. The number of carboxylic acids is 2. The molecule has 3 radical (unpaired) electrons. The zero-order valence-electron chi connectivity index (χ0n) is 55.6. The summed E-state index contributed by atoms with van der Waals surface area (Å²) in [5.41, 5.74) is 9.44. The number of aromatic nitrogens is 9. The number of nitrogens with zero attached hydrogens (tertiary/aromatic N) is 9. The van der Waals surface area contributed by atoms with Gasteiger partial charge in [0.05, 0.1) is 52.1 Å². The third-order valence-corrected chi connectivity index (χ3v) is 13.9. The molecule has 1 saturated heterocycles. The zero-order chi connectivity index (χ0) is 70.7. The number of nitrogens with one attached hydrogen (secondary N) is 5. The number of alkyl halides is 9. The SMILES string of the molecule is C1CCOC1.COC(=O)[C@@H](CCCC(F)(F)F)Nc1nc(NCc2ccc(OC)cc2OC)nc2cccnc12.COc1ccc(CNc2nc(N[C@H](CCCC(F)(F)F)C(=O)O)c3ncccc3n2)c(OC)c1.Nc1nc(N[C@H](CCCC(F)(F)F)C(=O)O)c2ncccc2n1.[Al].[H-].[Li+]. The zero-order valence-corrected chi connectivity index (χ0v) is 55.8. The minimum absolute atomic E-state index is 0. The number of aliphatic carboxylic acids is 2. The van der Waals surface area contributed by atoms with Gasteiger partial charge in [0.25, 0.3) is 0 Å². The molecule has 6 aromatic heterocycles. The predicted molar refractivity (Wildman–Crippen MR) is 346 cm³/mol. The number of anilines is 6. The number of carboxylic acid groups (broad SMARTS) is 2. The van der Waals surface area contributed by atoms with Gasteiger partial charge in [0.2, 0.25) is 17.8 Å². The van der Waals surface area contributed by atoms with Crippen LogP contribution in [0.15, 0.2) is 91.4 Å². The number of carbonyl (C=O) groups is 3. The van der Waals surface area contributed by atoms with Gasteiger partial charge in [-0.15, -0.1) is 0 Å². The minimum Gasteiger partial charge on any atom is -1.00 e. The Morgan fingerprint density at radius 2 is 0.899 bits per heavy atom. The van der Waals surface area contributed by atoms with E-state index in [9.17, 15) is 59.0 Å². The quantitative estimate of drug-likeness (QED) is 0.0130. The molecule has 7 heterocycles. The number of rotatable bonds is 28. The number of nitrogen functional groups attached to an aromatic ring is 1. The summed E-state index contributed by atoms with van der Waals surface area (Å²) in [5.74, 6) is -0.115. The fraction of sp³-hybridized carbons (Fsp3) is 0.419. The van der Waals surface area contributed by atoms with Crippen LogP contribution in [0.5, 0.6) is 23.0 Å². The van der Waals surface area contributed by atoms with Crippen molar-refractivity contribution in [1.82, 2.24) is 44.9 Å². The van der Waals surface area contributed by atoms with Crippen LogP contribution in [0.4, 0.5) is 74.8 Å². The van der Waals surface area contributed by atoms with E-state index in [-0.39, 0.29) is 118 Å². The first kappa shape index (κ1) is 82.2. The van der Waals surface area contributed by atoms with Crippen LogP contribution < -0.4 is 70.1 Å². The topological polar surface area (TPSA) is 349 Å². The number of ether oxygens (including phenoxy) is 6. The van der Waals surface area contributed by atoms with Crippen LogP contribution in [0.2, 0.25) is 0 Å². The third kappa shape index (κ3) is 27.6. The summed E-state index contributed by atoms with van der Waals surface area (Å²) in [7, 11) is 7.36. The number of nitrogens with two attached hydrogens (primary N) is 1. The number of hydrogen-bond acceptors (Lipinski definition) is 24. The molecule has 0 unspecified atom stereocenters. The average Bonchev–Trinajstić information content (AvgIpc) is 0.941. The molecule has 8 aromatic rings. The Hall–Kier alpha value is -9.22. The Morgan fingerprint density at radius 1 is 0.535 bits per heavy atom.